The zero-order chi connectivity index (χ0) is 20.3. The molecule has 10 nitrogen and oxygen atoms in total. The molecular weight excluding hydrogens is 392 g/mol. The molecule has 2 saturated heterocycles. The van der Waals surface area contributed by atoms with Gasteiger partial charge in [0, 0.05) is 12.6 Å². The van der Waals surface area contributed by atoms with Gasteiger partial charge < -0.3 is 29.0 Å². The summed E-state index contributed by atoms with van der Waals surface area (Å²) in [5, 5.41) is 2.54. The van der Waals surface area contributed by atoms with Crippen LogP contribution in [0.4, 0.5) is 4.79 Å². The van der Waals surface area contributed by atoms with Gasteiger partial charge in [-0.15, -0.1) is 0 Å². The van der Waals surface area contributed by atoms with E-state index in [1.165, 1.54) is 26.4 Å². The zero-order valence-corrected chi connectivity index (χ0v) is 16.7. The van der Waals surface area contributed by atoms with Crippen molar-refractivity contribution in [1.29, 1.82) is 0 Å². The van der Waals surface area contributed by atoms with Crippen molar-refractivity contribution < 1.29 is 36.9 Å². The minimum atomic E-state index is -3.94. The lowest BCUT2D eigenvalue weighted by atomic mass is 10.1. The third kappa shape index (κ3) is 4.17. The number of rotatable bonds is 7. The molecular formula is C17H24N2O8S. The number of hydrogen-bond acceptors (Lipinski definition) is 8. The summed E-state index contributed by atoms with van der Waals surface area (Å²) in [4.78, 5) is 11.6. The highest BCUT2D eigenvalue weighted by molar-refractivity contribution is 7.89. The number of carbonyl (C=O) groups excluding carboxylic acids is 1. The maximum Gasteiger partial charge on any atom is 0.407 e. The van der Waals surface area contributed by atoms with Gasteiger partial charge in [-0.2, -0.15) is 0 Å². The first-order valence-corrected chi connectivity index (χ1v) is 10.3. The van der Waals surface area contributed by atoms with E-state index in [4.69, 9.17) is 23.7 Å². The molecule has 0 aliphatic carbocycles. The Bertz CT molecular complexity index is 815. The van der Waals surface area contributed by atoms with E-state index < -0.39 is 40.5 Å². The first kappa shape index (κ1) is 20.6. The SMILES string of the molecule is CCNC(=O)O[C@@H]1CO[C@H]2[C@@H]1OC[C@@H]2NS(=O)(=O)c1cc(OC)ccc1OC. The summed E-state index contributed by atoms with van der Waals surface area (Å²) >= 11 is 0. The first-order chi connectivity index (χ1) is 13.4. The summed E-state index contributed by atoms with van der Waals surface area (Å²) in [7, 11) is -1.11. The van der Waals surface area contributed by atoms with Crippen molar-refractivity contribution in [2.45, 2.75) is 36.2 Å². The third-order valence-corrected chi connectivity index (χ3v) is 6.07. The van der Waals surface area contributed by atoms with E-state index >= 15 is 0 Å². The van der Waals surface area contributed by atoms with E-state index in [9.17, 15) is 13.2 Å². The molecule has 1 amide bonds. The smallest absolute Gasteiger partial charge is 0.407 e. The molecule has 1 aromatic rings. The average molecular weight is 416 g/mol. The standard InChI is InChI=1S/C17H24N2O8S/c1-4-18-17(20)27-13-9-26-15-11(8-25-16(13)15)19-28(21,22)14-7-10(23-2)5-6-12(14)24-3/h5-7,11,13,15-16,19H,4,8-9H2,1-3H3,(H,18,20)/t11-,13+,15+,16+/m0/s1. The van der Waals surface area contributed by atoms with Crippen LogP contribution < -0.4 is 19.5 Å². The van der Waals surface area contributed by atoms with Gasteiger partial charge in [-0.25, -0.2) is 17.9 Å². The fourth-order valence-corrected chi connectivity index (χ4v) is 4.66. The Morgan fingerprint density at radius 2 is 1.93 bits per heavy atom. The number of nitrogens with one attached hydrogen (secondary N) is 2. The molecule has 156 valence electrons. The van der Waals surface area contributed by atoms with Gasteiger partial charge in [0.1, 0.15) is 28.6 Å². The molecule has 2 aliphatic heterocycles. The van der Waals surface area contributed by atoms with E-state index in [0.717, 1.165) is 0 Å². The molecule has 0 aromatic heterocycles. The molecule has 0 saturated carbocycles. The van der Waals surface area contributed by atoms with Gasteiger partial charge in [-0.1, -0.05) is 0 Å². The van der Waals surface area contributed by atoms with Gasteiger partial charge in [0.2, 0.25) is 10.0 Å². The molecule has 2 N–H and O–H groups in total. The van der Waals surface area contributed by atoms with Crippen LogP contribution in [0.5, 0.6) is 11.5 Å². The molecule has 3 rings (SSSR count). The second-order valence-corrected chi connectivity index (χ2v) is 8.00. The molecule has 1 aromatic carbocycles. The lowest BCUT2D eigenvalue weighted by Crippen LogP contribution is -2.44. The van der Waals surface area contributed by atoms with E-state index in [2.05, 4.69) is 10.0 Å². The second-order valence-electron chi connectivity index (χ2n) is 6.31. The van der Waals surface area contributed by atoms with E-state index in [1.807, 2.05) is 0 Å². The Morgan fingerprint density at radius 3 is 2.61 bits per heavy atom. The summed E-state index contributed by atoms with van der Waals surface area (Å²) in [5.74, 6) is 0.572. The van der Waals surface area contributed by atoms with E-state index in [1.54, 1.807) is 13.0 Å². The fourth-order valence-electron chi connectivity index (χ4n) is 3.25. The molecule has 2 aliphatic rings. The lowest BCUT2D eigenvalue weighted by molar-refractivity contribution is 0.00428. The van der Waals surface area contributed by atoms with Crippen LogP contribution in [0.1, 0.15) is 6.92 Å². The Hall–Kier alpha value is -2.08. The largest absolute Gasteiger partial charge is 0.497 e. The van der Waals surface area contributed by atoms with Crippen LogP contribution in [-0.4, -0.2) is 72.8 Å². The number of ether oxygens (including phenoxy) is 5. The molecule has 2 fully saturated rings. The van der Waals surface area contributed by atoms with Gasteiger partial charge in [0.25, 0.3) is 0 Å². The Morgan fingerprint density at radius 1 is 1.18 bits per heavy atom. The number of alkyl carbamates (subject to hydrolysis) is 1. The monoisotopic (exact) mass is 416 g/mol. The number of amides is 1. The van der Waals surface area contributed by atoms with Gasteiger partial charge in [-0.3, -0.25) is 0 Å². The van der Waals surface area contributed by atoms with Crippen molar-refractivity contribution in [1.82, 2.24) is 10.0 Å². The topological polar surface area (TPSA) is 121 Å². The fraction of sp³-hybridized carbons (Fsp3) is 0.588. The third-order valence-electron chi connectivity index (χ3n) is 4.55. The zero-order valence-electron chi connectivity index (χ0n) is 15.8. The molecule has 4 atom stereocenters. The van der Waals surface area contributed by atoms with Crippen molar-refractivity contribution in [2.24, 2.45) is 0 Å². The molecule has 2 heterocycles. The number of benzene rings is 1. The van der Waals surface area contributed by atoms with Crippen LogP contribution in [0, 0.1) is 0 Å². The quantitative estimate of drug-likeness (QED) is 0.649. The van der Waals surface area contributed by atoms with Crippen LogP contribution >= 0.6 is 0 Å². The molecule has 28 heavy (non-hydrogen) atoms. The van der Waals surface area contributed by atoms with Gasteiger partial charge in [0.15, 0.2) is 6.10 Å². The van der Waals surface area contributed by atoms with Crippen molar-refractivity contribution in [3.05, 3.63) is 18.2 Å². The molecule has 0 unspecified atom stereocenters. The molecule has 0 radical (unpaired) electrons. The van der Waals surface area contributed by atoms with Crippen LogP contribution in [0.2, 0.25) is 0 Å². The van der Waals surface area contributed by atoms with Crippen molar-refractivity contribution in [2.75, 3.05) is 34.0 Å². The van der Waals surface area contributed by atoms with Crippen LogP contribution in [0.3, 0.4) is 0 Å². The summed E-state index contributed by atoms with van der Waals surface area (Å²) in [6.07, 6.45) is -2.27. The normalized spacial score (nSPS) is 26.5. The summed E-state index contributed by atoms with van der Waals surface area (Å²) < 4.78 is 55.3. The first-order valence-electron chi connectivity index (χ1n) is 8.81. The summed E-state index contributed by atoms with van der Waals surface area (Å²) in [6.45, 7) is 2.44. The summed E-state index contributed by atoms with van der Waals surface area (Å²) in [6, 6.07) is 3.87. The Kier molecular flexibility index (Phi) is 6.28. The molecule has 0 spiro atoms. The van der Waals surface area contributed by atoms with Crippen molar-refractivity contribution >= 4 is 16.1 Å². The van der Waals surface area contributed by atoms with Crippen molar-refractivity contribution in [3.63, 3.8) is 0 Å². The van der Waals surface area contributed by atoms with Crippen LogP contribution in [-0.2, 0) is 24.2 Å². The maximum absolute atomic E-state index is 12.9. The Balaban J connectivity index is 1.72. The van der Waals surface area contributed by atoms with E-state index in [-0.39, 0.29) is 23.9 Å². The number of sulfonamides is 1. The predicted octanol–water partition coefficient (Wildman–Crippen LogP) is 0.263. The minimum absolute atomic E-state index is 0.0501. The second kappa shape index (κ2) is 8.52. The molecule has 11 heteroatoms. The average Bonchev–Trinajstić information content (AvgIpc) is 3.25. The van der Waals surface area contributed by atoms with E-state index in [0.29, 0.717) is 12.3 Å². The number of fused-ring (bicyclic) bond motifs is 1. The highest BCUT2D eigenvalue weighted by Gasteiger charge is 2.50. The van der Waals surface area contributed by atoms with Crippen LogP contribution in [0.25, 0.3) is 0 Å². The number of hydrogen-bond donors (Lipinski definition) is 2. The minimum Gasteiger partial charge on any atom is -0.497 e. The number of methoxy groups -OCH3 is 2. The number of carbonyl (C=O) groups is 1. The van der Waals surface area contributed by atoms with Gasteiger partial charge >= 0.3 is 6.09 Å². The predicted molar refractivity (Wildman–Crippen MR) is 97.1 cm³/mol. The van der Waals surface area contributed by atoms with Crippen molar-refractivity contribution in [3.8, 4) is 11.5 Å². The highest BCUT2D eigenvalue weighted by Crippen LogP contribution is 2.32. The highest BCUT2D eigenvalue weighted by atomic mass is 32.2. The molecule has 0 bridgehead atoms. The maximum atomic E-state index is 12.9. The lowest BCUT2D eigenvalue weighted by Gasteiger charge is -2.19. The Labute approximate surface area is 163 Å². The van der Waals surface area contributed by atoms with Crippen LogP contribution in [0.15, 0.2) is 23.1 Å². The van der Waals surface area contributed by atoms with Gasteiger partial charge in [-0.05, 0) is 19.1 Å². The van der Waals surface area contributed by atoms with Gasteiger partial charge in [0.05, 0.1) is 33.5 Å². The summed E-state index contributed by atoms with van der Waals surface area (Å²) in [5.41, 5.74) is 0.